The van der Waals surface area contributed by atoms with Crippen LogP contribution in [0.5, 0.6) is 0 Å². The van der Waals surface area contributed by atoms with Gasteiger partial charge < -0.3 is 4.42 Å². The minimum atomic E-state index is -0.112. The highest BCUT2D eigenvalue weighted by molar-refractivity contribution is 6.38. The molecule has 1 heterocycles. The van der Waals surface area contributed by atoms with Gasteiger partial charge in [-0.1, -0.05) is 34.8 Å². The molecule has 0 aliphatic rings. The van der Waals surface area contributed by atoms with E-state index in [0.717, 1.165) is 5.56 Å². The molecule has 0 atom stereocenters. The summed E-state index contributed by atoms with van der Waals surface area (Å²) < 4.78 is 5.68. The first kappa shape index (κ1) is 11.6. The number of rotatable bonds is 0. The van der Waals surface area contributed by atoms with Gasteiger partial charge in [-0.05, 0) is 31.2 Å². The van der Waals surface area contributed by atoms with Gasteiger partial charge in [0.15, 0.2) is 5.58 Å². The monoisotopic (exact) mass is 278 g/mol. The second-order valence-electron chi connectivity index (χ2n) is 4.20. The molecule has 0 N–H and O–H groups in total. The molecule has 0 saturated carbocycles. The second-order valence-corrected chi connectivity index (χ2v) is 5.04. The van der Waals surface area contributed by atoms with Gasteiger partial charge in [-0.25, -0.2) is 0 Å². The Balaban J connectivity index is 2.61. The molecule has 2 aromatic carbocycles. The molecule has 0 bridgehead atoms. The van der Waals surface area contributed by atoms with E-state index in [4.69, 9.17) is 27.6 Å². The van der Waals surface area contributed by atoms with Crippen molar-refractivity contribution < 1.29 is 4.42 Å². The SMILES string of the molecule is Cc1ccc2oc3c(Cl)cc(Cl)cc3c(=O)c2c1. The molecule has 0 unspecified atom stereocenters. The number of halogens is 2. The van der Waals surface area contributed by atoms with Crippen LogP contribution in [0.15, 0.2) is 39.5 Å². The zero-order valence-electron chi connectivity index (χ0n) is 9.46. The van der Waals surface area contributed by atoms with Crippen LogP contribution < -0.4 is 5.43 Å². The Morgan fingerprint density at radius 3 is 2.61 bits per heavy atom. The Morgan fingerprint density at radius 1 is 1.06 bits per heavy atom. The summed E-state index contributed by atoms with van der Waals surface area (Å²) in [7, 11) is 0. The summed E-state index contributed by atoms with van der Waals surface area (Å²) in [6.45, 7) is 1.92. The van der Waals surface area contributed by atoms with Crippen molar-refractivity contribution >= 4 is 45.1 Å². The average Bonchev–Trinajstić information content (AvgIpc) is 2.32. The van der Waals surface area contributed by atoms with Crippen molar-refractivity contribution in [2.24, 2.45) is 0 Å². The molecule has 3 rings (SSSR count). The van der Waals surface area contributed by atoms with Crippen LogP contribution in [-0.4, -0.2) is 0 Å². The van der Waals surface area contributed by atoms with E-state index >= 15 is 0 Å². The van der Waals surface area contributed by atoms with Crippen LogP contribution in [0.3, 0.4) is 0 Å². The summed E-state index contributed by atoms with van der Waals surface area (Å²) in [6.07, 6.45) is 0. The van der Waals surface area contributed by atoms with Gasteiger partial charge in [0, 0.05) is 5.02 Å². The summed E-state index contributed by atoms with van der Waals surface area (Å²) in [5, 5.41) is 1.72. The lowest BCUT2D eigenvalue weighted by Gasteiger charge is -2.04. The van der Waals surface area contributed by atoms with E-state index in [9.17, 15) is 4.79 Å². The van der Waals surface area contributed by atoms with Crippen LogP contribution in [0.4, 0.5) is 0 Å². The molecular formula is C14H8Cl2O2. The van der Waals surface area contributed by atoms with E-state index in [0.29, 0.717) is 32.0 Å². The lowest BCUT2D eigenvalue weighted by Crippen LogP contribution is -2.02. The van der Waals surface area contributed by atoms with Gasteiger partial charge in [0.25, 0.3) is 0 Å². The average molecular weight is 279 g/mol. The van der Waals surface area contributed by atoms with Gasteiger partial charge in [-0.3, -0.25) is 4.79 Å². The fourth-order valence-electron chi connectivity index (χ4n) is 2.00. The normalized spacial score (nSPS) is 11.3. The predicted molar refractivity (Wildman–Crippen MR) is 74.7 cm³/mol. The third kappa shape index (κ3) is 1.69. The van der Waals surface area contributed by atoms with Crippen LogP contribution in [0.2, 0.25) is 10.0 Å². The van der Waals surface area contributed by atoms with E-state index < -0.39 is 0 Å². The van der Waals surface area contributed by atoms with Crippen molar-refractivity contribution in [2.75, 3.05) is 0 Å². The summed E-state index contributed by atoms with van der Waals surface area (Å²) in [5.74, 6) is 0. The van der Waals surface area contributed by atoms with E-state index in [1.54, 1.807) is 24.3 Å². The number of fused-ring (bicyclic) bond motifs is 2. The van der Waals surface area contributed by atoms with Gasteiger partial charge in [0.05, 0.1) is 15.8 Å². The van der Waals surface area contributed by atoms with Crippen LogP contribution in [-0.2, 0) is 0 Å². The molecule has 0 aliphatic carbocycles. The largest absolute Gasteiger partial charge is 0.454 e. The first-order valence-electron chi connectivity index (χ1n) is 5.38. The summed E-state index contributed by atoms with van der Waals surface area (Å²) in [4.78, 5) is 12.4. The van der Waals surface area contributed by atoms with Gasteiger partial charge >= 0.3 is 0 Å². The predicted octanol–water partition coefficient (Wildman–Crippen LogP) is 4.56. The first-order chi connectivity index (χ1) is 8.56. The van der Waals surface area contributed by atoms with Crippen molar-refractivity contribution in [3.63, 3.8) is 0 Å². The lowest BCUT2D eigenvalue weighted by molar-refractivity contribution is 0.660. The second kappa shape index (κ2) is 4.01. The molecule has 0 saturated heterocycles. The molecule has 0 amide bonds. The maximum atomic E-state index is 12.4. The fourth-order valence-corrected chi connectivity index (χ4v) is 2.53. The Morgan fingerprint density at radius 2 is 1.83 bits per heavy atom. The molecule has 0 spiro atoms. The standard InChI is InChI=1S/C14H8Cl2O2/c1-7-2-3-12-9(4-7)13(17)10-5-8(15)6-11(16)14(10)18-12/h2-6H,1H3. The van der Waals surface area contributed by atoms with Crippen molar-refractivity contribution in [1.82, 2.24) is 0 Å². The fraction of sp³-hybridized carbons (Fsp3) is 0.0714. The molecule has 90 valence electrons. The molecule has 4 heteroatoms. The van der Waals surface area contributed by atoms with Crippen molar-refractivity contribution in [3.05, 3.63) is 56.2 Å². The van der Waals surface area contributed by atoms with Crippen molar-refractivity contribution in [3.8, 4) is 0 Å². The minimum Gasteiger partial charge on any atom is -0.454 e. The Labute approximate surface area is 113 Å². The number of benzene rings is 2. The highest BCUT2D eigenvalue weighted by Crippen LogP contribution is 2.28. The van der Waals surface area contributed by atoms with Gasteiger partial charge in [-0.2, -0.15) is 0 Å². The number of hydrogen-bond donors (Lipinski definition) is 0. The molecule has 0 aliphatic heterocycles. The smallest absolute Gasteiger partial charge is 0.200 e. The summed E-state index contributed by atoms with van der Waals surface area (Å²) in [6, 6.07) is 8.61. The van der Waals surface area contributed by atoms with E-state index in [1.165, 1.54) is 0 Å². The topological polar surface area (TPSA) is 30.2 Å². The maximum Gasteiger partial charge on any atom is 0.200 e. The number of aryl methyl sites for hydroxylation is 1. The molecule has 18 heavy (non-hydrogen) atoms. The van der Waals surface area contributed by atoms with Gasteiger partial charge in [-0.15, -0.1) is 0 Å². The van der Waals surface area contributed by atoms with Gasteiger partial charge in [0.2, 0.25) is 5.43 Å². The number of hydrogen-bond acceptors (Lipinski definition) is 2. The van der Waals surface area contributed by atoms with Crippen LogP contribution >= 0.6 is 23.2 Å². The molecular weight excluding hydrogens is 271 g/mol. The van der Waals surface area contributed by atoms with Gasteiger partial charge in [0.1, 0.15) is 5.58 Å². The van der Waals surface area contributed by atoms with E-state index in [1.807, 2.05) is 13.0 Å². The van der Waals surface area contributed by atoms with Crippen LogP contribution in [0.25, 0.3) is 21.9 Å². The first-order valence-corrected chi connectivity index (χ1v) is 6.14. The molecule has 1 aromatic heterocycles. The molecule has 0 radical (unpaired) electrons. The molecule has 2 nitrogen and oxygen atoms in total. The van der Waals surface area contributed by atoms with Crippen LogP contribution in [0, 0.1) is 6.92 Å². The van der Waals surface area contributed by atoms with E-state index in [-0.39, 0.29) is 5.43 Å². The lowest BCUT2D eigenvalue weighted by atomic mass is 10.1. The van der Waals surface area contributed by atoms with E-state index in [2.05, 4.69) is 0 Å². The third-order valence-electron chi connectivity index (χ3n) is 2.84. The Kier molecular flexibility index (Phi) is 2.58. The summed E-state index contributed by atoms with van der Waals surface area (Å²) >= 11 is 12.0. The third-order valence-corrected chi connectivity index (χ3v) is 3.34. The highest BCUT2D eigenvalue weighted by atomic mass is 35.5. The van der Waals surface area contributed by atoms with Crippen molar-refractivity contribution in [1.29, 1.82) is 0 Å². The zero-order chi connectivity index (χ0) is 12.9. The van der Waals surface area contributed by atoms with Crippen molar-refractivity contribution in [2.45, 2.75) is 6.92 Å². The Hall–Kier alpha value is -1.51. The summed E-state index contributed by atoms with van der Waals surface area (Å²) in [5.41, 5.74) is 1.80. The zero-order valence-corrected chi connectivity index (χ0v) is 11.0. The quantitative estimate of drug-likeness (QED) is 0.564. The Bertz CT molecular complexity index is 834. The minimum absolute atomic E-state index is 0.112. The highest BCUT2D eigenvalue weighted by Gasteiger charge is 2.11. The molecule has 0 fully saturated rings. The molecule has 3 aromatic rings. The van der Waals surface area contributed by atoms with Crippen LogP contribution in [0.1, 0.15) is 5.56 Å². The maximum absolute atomic E-state index is 12.4.